The fraction of sp³-hybridized carbons (Fsp3) is 0.690. The second-order valence-corrected chi connectivity index (χ2v) is 12.4. The quantitative estimate of drug-likeness (QED) is 0.218. The molecule has 0 amide bonds. The van der Waals surface area contributed by atoms with Gasteiger partial charge in [-0.15, -0.1) is 0 Å². The van der Waals surface area contributed by atoms with Crippen molar-refractivity contribution < 1.29 is 37.9 Å². The maximum absolute atomic E-state index is 15.6. The zero-order valence-corrected chi connectivity index (χ0v) is 27.6. The van der Waals surface area contributed by atoms with Gasteiger partial charge in [-0.25, -0.2) is 23.0 Å². The molecule has 3 N–H and O–H groups in total. The molecule has 1 unspecified atom stereocenters. The Morgan fingerprint density at radius 1 is 0.979 bits per heavy atom. The number of aliphatic hydroxyl groups excluding tert-OH is 1. The van der Waals surface area contributed by atoms with Gasteiger partial charge in [0.15, 0.2) is 24.8 Å². The Bertz CT molecular complexity index is 1740. The molecule has 0 bridgehead atoms. The molecule has 0 aliphatic carbocycles. The normalized spacial score (nSPS) is 29.9. The molecule has 2 aliphatic heterocycles. The van der Waals surface area contributed by atoms with E-state index in [4.69, 9.17) is 29.3 Å². The number of nitrogens with zero attached hydrogens (tertiary/aromatic N) is 4. The van der Waals surface area contributed by atoms with Gasteiger partial charge in [-0.3, -0.25) is 28.7 Å². The predicted octanol–water partition coefficient (Wildman–Crippen LogP) is 2.39. The van der Waals surface area contributed by atoms with Crippen molar-refractivity contribution >= 4 is 8.53 Å². The molecule has 0 radical (unpaired) electrons. The molecule has 2 aromatic rings. The number of nitriles is 1. The Balaban J connectivity index is 0.000000313. The Kier molecular flexibility index (Phi) is 12.0. The van der Waals surface area contributed by atoms with Crippen LogP contribution in [0.25, 0.3) is 0 Å². The lowest BCUT2D eigenvalue weighted by atomic mass is 10.1. The summed E-state index contributed by atoms with van der Waals surface area (Å²) < 4.78 is 86.9. The van der Waals surface area contributed by atoms with Gasteiger partial charge in [-0.1, -0.05) is 13.8 Å². The van der Waals surface area contributed by atoms with Crippen LogP contribution in [-0.4, -0.2) is 84.3 Å². The number of hydrogen-bond acceptors (Lipinski definition) is 11. The Morgan fingerprint density at radius 2 is 1.47 bits per heavy atom. The molecule has 18 heteroatoms. The van der Waals surface area contributed by atoms with Gasteiger partial charge >= 0.3 is 11.4 Å². The van der Waals surface area contributed by atoms with Crippen LogP contribution in [0.2, 0.25) is 0 Å². The molecule has 2 fully saturated rings. The highest BCUT2D eigenvalue weighted by Crippen LogP contribution is 2.50. The summed E-state index contributed by atoms with van der Waals surface area (Å²) >= 11 is 0. The van der Waals surface area contributed by atoms with Crippen molar-refractivity contribution in [1.29, 1.82) is 5.26 Å². The smallest absolute Gasteiger partial charge is 0.330 e. The third kappa shape index (κ3) is 9.29. The van der Waals surface area contributed by atoms with Gasteiger partial charge in [0.25, 0.3) is 19.6 Å². The zero-order chi connectivity index (χ0) is 38.6. The van der Waals surface area contributed by atoms with Crippen LogP contribution in [0, 0.1) is 11.3 Å². The van der Waals surface area contributed by atoms with Crippen molar-refractivity contribution in [3.8, 4) is 6.07 Å². The van der Waals surface area contributed by atoms with Crippen LogP contribution in [0.3, 0.4) is 0 Å². The van der Waals surface area contributed by atoms with Crippen LogP contribution < -0.4 is 22.5 Å². The van der Waals surface area contributed by atoms with Crippen molar-refractivity contribution in [2.75, 3.05) is 6.61 Å². The minimum atomic E-state index is -2.01. The van der Waals surface area contributed by atoms with Crippen LogP contribution in [-0.2, 0) is 18.5 Å². The van der Waals surface area contributed by atoms with Crippen LogP contribution >= 0.6 is 8.53 Å². The van der Waals surface area contributed by atoms with E-state index in [1.165, 1.54) is 6.92 Å². The van der Waals surface area contributed by atoms with E-state index in [9.17, 15) is 28.7 Å². The summed E-state index contributed by atoms with van der Waals surface area (Å²) in [5, 5.41) is 18.5. The minimum Gasteiger partial charge on any atom is -0.387 e. The monoisotopic (exact) mass is 692 g/mol. The first-order valence-corrected chi connectivity index (χ1v) is 15.9. The Hall–Kier alpha value is -3.10. The number of H-pyrrole nitrogens is 2. The maximum Gasteiger partial charge on any atom is 0.330 e. The molecule has 0 spiro atoms. The number of aliphatic hydroxyl groups is 1. The molecule has 0 saturated carbocycles. The summed E-state index contributed by atoms with van der Waals surface area (Å²) in [5.74, 6) is 0. The summed E-state index contributed by atoms with van der Waals surface area (Å²) in [6, 6.07) is 3.96. The molecule has 2 saturated heterocycles. The van der Waals surface area contributed by atoms with Crippen LogP contribution in [0.1, 0.15) is 78.6 Å². The van der Waals surface area contributed by atoms with Crippen LogP contribution in [0.15, 0.2) is 43.7 Å². The van der Waals surface area contributed by atoms with Gasteiger partial charge in [0, 0.05) is 42.1 Å². The second kappa shape index (κ2) is 17.3. The fourth-order valence-corrected chi connectivity index (χ4v) is 6.69. The van der Waals surface area contributed by atoms with Gasteiger partial charge in [0.1, 0.15) is 12.2 Å². The Labute approximate surface area is 276 Å². The molecule has 47 heavy (non-hydrogen) atoms. The summed E-state index contributed by atoms with van der Waals surface area (Å²) in [6.45, 7) is 10.1. The first-order chi connectivity index (χ1) is 23.6. The highest BCUT2D eigenvalue weighted by molar-refractivity contribution is 7.44. The number of aromatic amines is 2. The number of hydrogen-bond donors (Lipinski definition) is 3. The molecule has 2 aliphatic rings. The van der Waals surface area contributed by atoms with Gasteiger partial charge in [0.05, 0.1) is 31.3 Å². The van der Waals surface area contributed by atoms with E-state index in [2.05, 4.69) is 0 Å². The summed E-state index contributed by atoms with van der Waals surface area (Å²) in [7, 11) is -1.88. The average molecular weight is 693 g/mol. The first kappa shape index (κ1) is 32.4. The number of alkyl halides is 2. The maximum atomic E-state index is 15.6. The Morgan fingerprint density at radius 3 is 1.89 bits per heavy atom. The standard InChI is InChI=1S/C19H30FN4O5P.C10H13FN2O4/c1-6-14-17(16(20)18(28-14)23-10-8-15(25)22-19(23)26)29-30(27-11-7-9-21)24(12(2)3)13(4)5;1-2-5-8(15)7(11)9(17-5)13-4-3-6(14)12-10(13)16/h8,10,12-14,16-18H,6-7,11H2,1-5H3,(H,22,25,26);3-5,7-9,15H,2H2,1H3,(H,12,14,16)/t14-,16-,17-,18-,30?;5-,7-,8-,9-/m11/s1/i6D2;2D2. The van der Waals surface area contributed by atoms with Crippen molar-refractivity contribution in [2.45, 2.75) is 122 Å². The fourth-order valence-electron chi connectivity index (χ4n) is 4.95. The summed E-state index contributed by atoms with van der Waals surface area (Å²) in [5.41, 5.74) is -3.05. The van der Waals surface area contributed by atoms with E-state index < -0.39 is 93.0 Å². The van der Waals surface area contributed by atoms with E-state index in [0.29, 0.717) is 0 Å². The van der Waals surface area contributed by atoms with Gasteiger partial charge in [0.2, 0.25) is 0 Å². The van der Waals surface area contributed by atoms with Crippen LogP contribution in [0.5, 0.6) is 0 Å². The number of nitrogens with one attached hydrogen (secondary N) is 2. The first-order valence-electron chi connectivity index (χ1n) is 16.7. The lowest BCUT2D eigenvalue weighted by Crippen LogP contribution is -2.38. The van der Waals surface area contributed by atoms with E-state index in [1.807, 2.05) is 48.4 Å². The molecular formula is C29H43F2N6O9P. The van der Waals surface area contributed by atoms with Crippen molar-refractivity contribution in [1.82, 2.24) is 23.8 Å². The van der Waals surface area contributed by atoms with Crippen molar-refractivity contribution in [3.63, 3.8) is 0 Å². The van der Waals surface area contributed by atoms with Gasteiger partial charge < -0.3 is 23.6 Å². The number of halogens is 2. The molecule has 262 valence electrons. The third-order valence-corrected chi connectivity index (χ3v) is 9.19. The topological polar surface area (TPSA) is 194 Å². The highest BCUT2D eigenvalue weighted by atomic mass is 31.2. The van der Waals surface area contributed by atoms with Crippen LogP contribution in [0.4, 0.5) is 8.78 Å². The number of ether oxygens (including phenoxy) is 2. The summed E-state index contributed by atoms with van der Waals surface area (Å²) in [4.78, 5) is 50.0. The van der Waals surface area contributed by atoms with E-state index >= 15 is 4.39 Å². The minimum absolute atomic E-state index is 0.0435. The lowest BCUT2D eigenvalue weighted by molar-refractivity contribution is -0.0280. The molecule has 4 heterocycles. The molecule has 2 aromatic heterocycles. The largest absolute Gasteiger partial charge is 0.387 e. The summed E-state index contributed by atoms with van der Waals surface area (Å²) in [6.07, 6.45) is -14.4. The average Bonchev–Trinajstić information content (AvgIpc) is 3.49. The predicted molar refractivity (Wildman–Crippen MR) is 167 cm³/mol. The number of rotatable bonds is 12. The van der Waals surface area contributed by atoms with Crippen molar-refractivity contribution in [2.24, 2.45) is 0 Å². The molecular weight excluding hydrogens is 645 g/mol. The molecule has 15 nitrogen and oxygen atoms in total. The van der Waals surface area contributed by atoms with Gasteiger partial charge in [-0.2, -0.15) is 5.26 Å². The molecule has 4 rings (SSSR count). The van der Waals surface area contributed by atoms with E-state index in [-0.39, 0.29) is 25.1 Å². The van der Waals surface area contributed by atoms with Crippen molar-refractivity contribution in [3.05, 3.63) is 66.2 Å². The SMILES string of the molecule is [2H]C([2H])(C)[C@H]1O[C@@H](n2ccc(=O)[nH]c2=O)[C@H](F)[C@@H]1O.[2H]C([2H])(C)[C@H]1O[C@@H](n2ccc(=O)[nH]c2=O)[C@H](F)[C@@H]1OP(OCCC#N)N(C(C)C)C(C)C. The van der Waals surface area contributed by atoms with E-state index in [1.54, 1.807) is 0 Å². The third-order valence-electron chi connectivity index (χ3n) is 7.06. The van der Waals surface area contributed by atoms with E-state index in [0.717, 1.165) is 40.6 Å². The highest BCUT2D eigenvalue weighted by Gasteiger charge is 2.49. The van der Waals surface area contributed by atoms with Gasteiger partial charge in [-0.05, 0) is 40.4 Å². The zero-order valence-electron chi connectivity index (χ0n) is 30.7. The molecule has 0 aromatic carbocycles. The second-order valence-electron chi connectivity index (χ2n) is 11.0. The lowest BCUT2D eigenvalue weighted by Gasteiger charge is -2.37. The number of aromatic nitrogens is 4. The molecule has 9 atom stereocenters.